The van der Waals surface area contributed by atoms with Crippen LogP contribution < -0.4 is 4.74 Å². The van der Waals surface area contributed by atoms with Gasteiger partial charge >= 0.3 is 0 Å². The predicted octanol–water partition coefficient (Wildman–Crippen LogP) is 2.13. The maximum absolute atomic E-state index is 9.08. The van der Waals surface area contributed by atoms with Crippen LogP contribution in [0.2, 0.25) is 0 Å². The number of nitriles is 2. The molecular formula is C19H16N6O. The fourth-order valence-corrected chi connectivity index (χ4v) is 3.17. The van der Waals surface area contributed by atoms with E-state index < -0.39 is 0 Å². The molecule has 4 heterocycles. The Kier molecular flexibility index (Phi) is 4.22. The highest BCUT2D eigenvalue weighted by Crippen LogP contribution is 2.19. The third-order valence-corrected chi connectivity index (χ3v) is 4.48. The first-order valence-electron chi connectivity index (χ1n) is 8.36. The summed E-state index contributed by atoms with van der Waals surface area (Å²) in [6.45, 7) is 2.47. The summed E-state index contributed by atoms with van der Waals surface area (Å²) >= 11 is 0. The van der Waals surface area contributed by atoms with Crippen LogP contribution in [0.1, 0.15) is 23.2 Å². The Morgan fingerprint density at radius 3 is 2.69 bits per heavy atom. The van der Waals surface area contributed by atoms with Crippen molar-refractivity contribution >= 4 is 5.65 Å². The Morgan fingerprint density at radius 2 is 1.92 bits per heavy atom. The molecule has 0 spiro atoms. The first-order valence-corrected chi connectivity index (χ1v) is 8.36. The zero-order chi connectivity index (χ0) is 17.9. The summed E-state index contributed by atoms with van der Waals surface area (Å²) in [7, 11) is 0. The Balaban J connectivity index is 1.41. The molecule has 0 amide bonds. The Hall–Kier alpha value is -3.42. The number of ether oxygens (including phenoxy) is 1. The van der Waals surface area contributed by atoms with Crippen LogP contribution in [0.3, 0.4) is 0 Å². The van der Waals surface area contributed by atoms with Crippen LogP contribution in [0, 0.1) is 22.7 Å². The molecule has 3 aromatic heterocycles. The van der Waals surface area contributed by atoms with E-state index >= 15 is 0 Å². The SMILES string of the molecule is N#Cc1ccc(OC2CCN(Cc3cnc4ccc(C#N)cn34)C2)nc1. The number of hydrogen-bond acceptors (Lipinski definition) is 6. The quantitative estimate of drug-likeness (QED) is 0.720. The lowest BCUT2D eigenvalue weighted by molar-refractivity contribution is 0.190. The summed E-state index contributed by atoms with van der Waals surface area (Å²) in [5.74, 6) is 0.546. The van der Waals surface area contributed by atoms with Gasteiger partial charge in [0, 0.05) is 38.1 Å². The van der Waals surface area contributed by atoms with Crippen LogP contribution in [0.4, 0.5) is 0 Å². The van der Waals surface area contributed by atoms with Gasteiger partial charge in [0.05, 0.1) is 23.0 Å². The molecule has 1 atom stereocenters. The average molecular weight is 344 g/mol. The molecule has 7 nitrogen and oxygen atoms in total. The summed E-state index contributed by atoms with van der Waals surface area (Å²) in [5.41, 5.74) is 3.03. The molecular weight excluding hydrogens is 328 g/mol. The summed E-state index contributed by atoms with van der Waals surface area (Å²) in [5, 5.41) is 17.9. The Bertz CT molecular complexity index is 1010. The van der Waals surface area contributed by atoms with Crippen molar-refractivity contribution in [2.45, 2.75) is 19.1 Å². The second-order valence-corrected chi connectivity index (χ2v) is 6.27. The van der Waals surface area contributed by atoms with Crippen molar-refractivity contribution < 1.29 is 4.74 Å². The smallest absolute Gasteiger partial charge is 0.213 e. The molecule has 0 bridgehead atoms. The van der Waals surface area contributed by atoms with Crippen LogP contribution in [0.5, 0.6) is 5.88 Å². The summed E-state index contributed by atoms with van der Waals surface area (Å²) in [6, 6.07) is 11.3. The highest BCUT2D eigenvalue weighted by Gasteiger charge is 2.25. The molecule has 0 aromatic carbocycles. The zero-order valence-corrected chi connectivity index (χ0v) is 14.0. The van der Waals surface area contributed by atoms with Gasteiger partial charge < -0.3 is 9.14 Å². The van der Waals surface area contributed by atoms with Crippen molar-refractivity contribution in [3.63, 3.8) is 0 Å². The minimum absolute atomic E-state index is 0.0734. The van der Waals surface area contributed by atoms with E-state index in [1.165, 1.54) is 6.20 Å². The van der Waals surface area contributed by atoms with Gasteiger partial charge in [0.25, 0.3) is 0 Å². The highest BCUT2D eigenvalue weighted by molar-refractivity contribution is 5.44. The van der Waals surface area contributed by atoms with Gasteiger partial charge in [-0.25, -0.2) is 9.97 Å². The minimum atomic E-state index is 0.0734. The predicted molar refractivity (Wildman–Crippen MR) is 93.2 cm³/mol. The third-order valence-electron chi connectivity index (χ3n) is 4.48. The number of nitrogens with zero attached hydrogens (tertiary/aromatic N) is 6. The molecule has 1 aliphatic rings. The van der Waals surface area contributed by atoms with Crippen molar-refractivity contribution in [2.75, 3.05) is 13.1 Å². The number of hydrogen-bond donors (Lipinski definition) is 0. The summed E-state index contributed by atoms with van der Waals surface area (Å²) < 4.78 is 7.89. The van der Waals surface area contributed by atoms with E-state index in [1.807, 2.05) is 28.9 Å². The molecule has 1 saturated heterocycles. The number of rotatable bonds is 4. The van der Waals surface area contributed by atoms with Crippen LogP contribution in [0.15, 0.2) is 42.9 Å². The lowest BCUT2D eigenvalue weighted by Gasteiger charge is -2.16. The summed E-state index contributed by atoms with van der Waals surface area (Å²) in [6.07, 6.45) is 6.19. The topological polar surface area (TPSA) is 90.2 Å². The standard InChI is InChI=1S/C19H16N6O/c20-7-14-2-4-19(23-9-14)26-17-5-6-24(13-17)12-16-10-22-18-3-1-15(8-21)11-25(16)18/h1-4,9-11,17H,5-6,12-13H2. The van der Waals surface area contributed by atoms with Gasteiger partial charge in [-0.15, -0.1) is 0 Å². The van der Waals surface area contributed by atoms with Crippen molar-refractivity contribution in [1.82, 2.24) is 19.3 Å². The molecule has 128 valence electrons. The monoisotopic (exact) mass is 344 g/mol. The number of imidazole rings is 1. The number of aromatic nitrogens is 3. The van der Waals surface area contributed by atoms with Crippen LogP contribution in [-0.4, -0.2) is 38.5 Å². The largest absolute Gasteiger partial charge is 0.473 e. The van der Waals surface area contributed by atoms with Crippen LogP contribution >= 0.6 is 0 Å². The highest BCUT2D eigenvalue weighted by atomic mass is 16.5. The fourth-order valence-electron chi connectivity index (χ4n) is 3.17. The van der Waals surface area contributed by atoms with Gasteiger partial charge in [0.15, 0.2) is 0 Å². The lowest BCUT2D eigenvalue weighted by atomic mass is 10.3. The molecule has 0 radical (unpaired) electrons. The van der Waals surface area contributed by atoms with E-state index in [9.17, 15) is 0 Å². The molecule has 1 unspecified atom stereocenters. The molecule has 1 aliphatic heterocycles. The molecule has 26 heavy (non-hydrogen) atoms. The molecule has 1 fully saturated rings. The average Bonchev–Trinajstić information content (AvgIpc) is 3.29. The van der Waals surface area contributed by atoms with Crippen molar-refractivity contribution in [2.24, 2.45) is 0 Å². The zero-order valence-electron chi connectivity index (χ0n) is 14.0. The minimum Gasteiger partial charge on any atom is -0.473 e. The first-order chi connectivity index (χ1) is 12.7. The molecule has 0 N–H and O–H groups in total. The number of fused-ring (bicyclic) bond motifs is 1. The van der Waals surface area contributed by atoms with Gasteiger partial charge in [0.2, 0.25) is 5.88 Å². The van der Waals surface area contributed by atoms with Crippen LogP contribution in [0.25, 0.3) is 5.65 Å². The second kappa shape index (κ2) is 6.83. The van der Waals surface area contributed by atoms with Gasteiger partial charge in [-0.3, -0.25) is 4.90 Å². The van der Waals surface area contributed by atoms with Crippen LogP contribution in [-0.2, 0) is 6.54 Å². The van der Waals surface area contributed by atoms with Gasteiger partial charge in [-0.1, -0.05) is 0 Å². The maximum Gasteiger partial charge on any atom is 0.213 e. The molecule has 7 heteroatoms. The van der Waals surface area contributed by atoms with E-state index in [0.29, 0.717) is 17.0 Å². The molecule has 0 aliphatic carbocycles. The van der Waals surface area contributed by atoms with Crippen molar-refractivity contribution in [3.05, 3.63) is 59.7 Å². The lowest BCUT2D eigenvalue weighted by Crippen LogP contribution is -2.25. The molecule has 0 saturated carbocycles. The van der Waals surface area contributed by atoms with Gasteiger partial charge in [0.1, 0.15) is 23.9 Å². The second-order valence-electron chi connectivity index (χ2n) is 6.27. The third kappa shape index (κ3) is 3.21. The normalized spacial score (nSPS) is 17.1. The fraction of sp³-hybridized carbons (Fsp3) is 0.263. The Morgan fingerprint density at radius 1 is 1.08 bits per heavy atom. The van der Waals surface area contributed by atoms with Crippen molar-refractivity contribution in [3.8, 4) is 18.0 Å². The molecule has 3 aromatic rings. The van der Waals surface area contributed by atoms with Crippen molar-refractivity contribution in [1.29, 1.82) is 10.5 Å². The first kappa shape index (κ1) is 16.1. The van der Waals surface area contributed by atoms with E-state index in [1.54, 1.807) is 18.2 Å². The number of pyridine rings is 2. The Labute approximate surface area is 150 Å². The van der Waals surface area contributed by atoms with E-state index in [0.717, 1.165) is 37.4 Å². The number of likely N-dealkylation sites (tertiary alicyclic amines) is 1. The maximum atomic E-state index is 9.08. The van der Waals surface area contributed by atoms with Gasteiger partial charge in [-0.2, -0.15) is 10.5 Å². The summed E-state index contributed by atoms with van der Waals surface area (Å²) in [4.78, 5) is 10.9. The molecule has 4 rings (SSSR count). The van der Waals surface area contributed by atoms with E-state index in [2.05, 4.69) is 20.9 Å². The van der Waals surface area contributed by atoms with Gasteiger partial charge in [-0.05, 0) is 24.6 Å². The van der Waals surface area contributed by atoms with E-state index in [-0.39, 0.29) is 6.10 Å². The van der Waals surface area contributed by atoms with E-state index in [4.69, 9.17) is 15.3 Å².